The lowest BCUT2D eigenvalue weighted by Gasteiger charge is -2.39. The van der Waals surface area contributed by atoms with Crippen molar-refractivity contribution in [2.45, 2.75) is 50.8 Å². The van der Waals surface area contributed by atoms with E-state index >= 15 is 0 Å². The Hall–Kier alpha value is -0.420. The van der Waals surface area contributed by atoms with Crippen LogP contribution < -0.4 is 5.32 Å². The maximum Gasteiger partial charge on any atom is 0.317 e. The molecule has 0 aromatic rings. The van der Waals surface area contributed by atoms with Crippen molar-refractivity contribution >= 4 is 17.8 Å². The second-order valence-corrected chi connectivity index (χ2v) is 9.03. The minimum absolute atomic E-state index is 0.0820. The van der Waals surface area contributed by atoms with Crippen LogP contribution >= 0.6 is 11.8 Å². The van der Waals surface area contributed by atoms with Gasteiger partial charge in [0.15, 0.2) is 0 Å². The maximum absolute atomic E-state index is 12.1. The van der Waals surface area contributed by atoms with Gasteiger partial charge in [-0.2, -0.15) is 11.8 Å². The number of nitrogens with zero attached hydrogens (tertiary/aromatic N) is 2. The molecule has 2 heterocycles. The van der Waals surface area contributed by atoms with E-state index in [-0.39, 0.29) is 11.6 Å². The van der Waals surface area contributed by atoms with Crippen LogP contribution in [0, 0.1) is 0 Å². The van der Waals surface area contributed by atoms with E-state index in [4.69, 9.17) is 0 Å². The Morgan fingerprint density at radius 1 is 1.25 bits per heavy atom. The molecule has 2 amide bonds. The molecule has 0 spiro atoms. The lowest BCUT2D eigenvalue weighted by atomic mass is 10.0. The SMILES string of the molecule is CC(C)(C)NC(=O)N1CCN(CC2(C)CCCS2)CC1. The zero-order chi connectivity index (χ0) is 14.8. The lowest BCUT2D eigenvalue weighted by Crippen LogP contribution is -2.56. The molecule has 0 radical (unpaired) electrons. The Labute approximate surface area is 127 Å². The number of amides is 2. The number of rotatable bonds is 2. The molecule has 2 rings (SSSR count). The summed E-state index contributed by atoms with van der Waals surface area (Å²) in [7, 11) is 0. The van der Waals surface area contributed by atoms with Crippen LogP contribution in [0.25, 0.3) is 0 Å². The van der Waals surface area contributed by atoms with Crippen molar-refractivity contribution in [1.82, 2.24) is 15.1 Å². The van der Waals surface area contributed by atoms with Gasteiger partial charge in [0.25, 0.3) is 0 Å². The van der Waals surface area contributed by atoms with Gasteiger partial charge in [0.05, 0.1) is 0 Å². The summed E-state index contributed by atoms with van der Waals surface area (Å²) in [6.07, 6.45) is 2.69. The molecule has 4 nitrogen and oxygen atoms in total. The number of hydrogen-bond acceptors (Lipinski definition) is 3. The Bertz CT molecular complexity index is 340. The third-order valence-electron chi connectivity index (χ3n) is 4.00. The van der Waals surface area contributed by atoms with Gasteiger partial charge in [-0.25, -0.2) is 4.79 Å². The summed E-state index contributed by atoms with van der Waals surface area (Å²) in [5.41, 5.74) is -0.151. The van der Waals surface area contributed by atoms with Gasteiger partial charge in [-0.15, -0.1) is 0 Å². The van der Waals surface area contributed by atoms with Gasteiger partial charge in [0.1, 0.15) is 0 Å². The first-order chi connectivity index (χ1) is 9.27. The van der Waals surface area contributed by atoms with Crippen LogP contribution in [-0.2, 0) is 0 Å². The molecule has 1 atom stereocenters. The Balaban J connectivity index is 1.76. The van der Waals surface area contributed by atoms with Gasteiger partial charge in [-0.1, -0.05) is 0 Å². The van der Waals surface area contributed by atoms with Crippen LogP contribution in [0.4, 0.5) is 4.79 Å². The quantitative estimate of drug-likeness (QED) is 0.850. The number of nitrogens with one attached hydrogen (secondary N) is 1. The number of carbonyl (C=O) groups excluding carboxylic acids is 1. The molecule has 1 N–H and O–H groups in total. The van der Waals surface area contributed by atoms with Crippen molar-refractivity contribution in [3.8, 4) is 0 Å². The van der Waals surface area contributed by atoms with Crippen LogP contribution in [0.3, 0.4) is 0 Å². The third kappa shape index (κ3) is 4.55. The van der Waals surface area contributed by atoms with E-state index in [1.165, 1.54) is 25.1 Å². The number of thioether (sulfide) groups is 1. The highest BCUT2D eigenvalue weighted by Crippen LogP contribution is 2.38. The van der Waals surface area contributed by atoms with Gasteiger partial charge in [-0.05, 0) is 46.3 Å². The highest BCUT2D eigenvalue weighted by atomic mass is 32.2. The Morgan fingerprint density at radius 2 is 1.90 bits per heavy atom. The van der Waals surface area contributed by atoms with Crippen molar-refractivity contribution in [3.63, 3.8) is 0 Å². The van der Waals surface area contributed by atoms with E-state index in [1.54, 1.807) is 0 Å². The number of hydrogen-bond donors (Lipinski definition) is 1. The van der Waals surface area contributed by atoms with E-state index in [1.807, 2.05) is 25.7 Å². The molecule has 0 bridgehead atoms. The molecule has 20 heavy (non-hydrogen) atoms. The first-order valence-electron chi connectivity index (χ1n) is 7.71. The summed E-state index contributed by atoms with van der Waals surface area (Å²) in [4.78, 5) is 16.6. The molecule has 2 aliphatic rings. The number of urea groups is 1. The predicted molar refractivity (Wildman–Crippen MR) is 86.4 cm³/mol. The smallest absolute Gasteiger partial charge is 0.317 e. The van der Waals surface area contributed by atoms with E-state index in [2.05, 4.69) is 28.9 Å². The molecular formula is C15H29N3OS. The maximum atomic E-state index is 12.1. The number of piperazine rings is 1. The summed E-state index contributed by atoms with van der Waals surface area (Å²) in [5, 5.41) is 3.05. The minimum atomic E-state index is -0.151. The topological polar surface area (TPSA) is 35.6 Å². The average Bonchev–Trinajstić information content (AvgIpc) is 2.74. The average molecular weight is 299 g/mol. The fourth-order valence-electron chi connectivity index (χ4n) is 2.94. The van der Waals surface area contributed by atoms with Crippen molar-refractivity contribution in [1.29, 1.82) is 0 Å². The molecule has 116 valence electrons. The van der Waals surface area contributed by atoms with Crippen molar-refractivity contribution in [2.24, 2.45) is 0 Å². The van der Waals surface area contributed by atoms with Crippen LogP contribution in [0.1, 0.15) is 40.5 Å². The highest BCUT2D eigenvalue weighted by Gasteiger charge is 2.33. The Kier molecular flexibility index (Phi) is 4.90. The second kappa shape index (κ2) is 6.14. The van der Waals surface area contributed by atoms with Crippen molar-refractivity contribution in [2.75, 3.05) is 38.5 Å². The van der Waals surface area contributed by atoms with Crippen LogP contribution in [0.2, 0.25) is 0 Å². The zero-order valence-corrected chi connectivity index (χ0v) is 14.2. The van der Waals surface area contributed by atoms with E-state index < -0.39 is 0 Å². The lowest BCUT2D eigenvalue weighted by molar-refractivity contribution is 0.129. The van der Waals surface area contributed by atoms with Crippen molar-refractivity contribution < 1.29 is 4.79 Å². The largest absolute Gasteiger partial charge is 0.333 e. The minimum Gasteiger partial charge on any atom is -0.333 e. The molecule has 0 aliphatic carbocycles. The molecule has 0 saturated carbocycles. The van der Waals surface area contributed by atoms with Gasteiger partial charge < -0.3 is 10.2 Å². The summed E-state index contributed by atoms with van der Waals surface area (Å²) >= 11 is 2.12. The van der Waals surface area contributed by atoms with E-state index in [0.29, 0.717) is 4.75 Å². The Morgan fingerprint density at radius 3 is 2.40 bits per heavy atom. The van der Waals surface area contributed by atoms with Crippen LogP contribution in [-0.4, -0.2) is 64.6 Å². The molecule has 2 aliphatic heterocycles. The van der Waals surface area contributed by atoms with Gasteiger partial charge in [-0.3, -0.25) is 4.90 Å². The molecule has 0 aromatic heterocycles. The zero-order valence-electron chi connectivity index (χ0n) is 13.4. The molecule has 2 fully saturated rings. The summed E-state index contributed by atoms with van der Waals surface area (Å²) in [5.74, 6) is 1.31. The molecule has 1 unspecified atom stereocenters. The van der Waals surface area contributed by atoms with Crippen LogP contribution in [0.5, 0.6) is 0 Å². The van der Waals surface area contributed by atoms with Gasteiger partial charge in [0.2, 0.25) is 0 Å². The normalized spacial score (nSPS) is 28.7. The molecular weight excluding hydrogens is 270 g/mol. The van der Waals surface area contributed by atoms with Gasteiger partial charge in [0, 0.05) is 43.0 Å². The van der Waals surface area contributed by atoms with E-state index in [9.17, 15) is 4.79 Å². The third-order valence-corrected chi connectivity index (χ3v) is 5.52. The summed E-state index contributed by atoms with van der Waals surface area (Å²) in [6.45, 7) is 13.4. The van der Waals surface area contributed by atoms with Crippen molar-refractivity contribution in [3.05, 3.63) is 0 Å². The van der Waals surface area contributed by atoms with E-state index in [0.717, 1.165) is 26.2 Å². The summed E-state index contributed by atoms with van der Waals surface area (Å²) in [6, 6.07) is 0.0820. The predicted octanol–water partition coefficient (Wildman–Crippen LogP) is 2.40. The first kappa shape index (κ1) is 16.0. The second-order valence-electron chi connectivity index (χ2n) is 7.35. The monoisotopic (exact) mass is 299 g/mol. The first-order valence-corrected chi connectivity index (χ1v) is 8.69. The standard InChI is InChI=1S/C15H29N3OS/c1-14(2,3)16-13(19)18-9-7-17(8-10-18)12-15(4)6-5-11-20-15/h5-12H2,1-4H3,(H,16,19). The van der Waals surface area contributed by atoms with Crippen LogP contribution in [0.15, 0.2) is 0 Å². The molecule has 5 heteroatoms. The number of carbonyl (C=O) groups is 1. The molecule has 2 saturated heterocycles. The highest BCUT2D eigenvalue weighted by molar-refractivity contribution is 8.00. The fourth-order valence-corrected chi connectivity index (χ4v) is 4.29. The molecule has 0 aromatic carbocycles. The summed E-state index contributed by atoms with van der Waals surface area (Å²) < 4.78 is 0.440. The van der Waals surface area contributed by atoms with Gasteiger partial charge >= 0.3 is 6.03 Å². The fraction of sp³-hybridized carbons (Fsp3) is 0.933.